The summed E-state index contributed by atoms with van der Waals surface area (Å²) in [4.78, 5) is 32.5. The van der Waals surface area contributed by atoms with Gasteiger partial charge in [0, 0.05) is 13.2 Å². The van der Waals surface area contributed by atoms with Crippen molar-refractivity contribution >= 4 is 12.3 Å². The molecule has 0 saturated heterocycles. The summed E-state index contributed by atoms with van der Waals surface area (Å²) in [7, 11) is 0. The summed E-state index contributed by atoms with van der Waals surface area (Å²) in [6.45, 7) is 28.5. The van der Waals surface area contributed by atoms with E-state index in [1.165, 1.54) is 225 Å². The van der Waals surface area contributed by atoms with Gasteiger partial charge in [-0.2, -0.15) is 19.2 Å². The van der Waals surface area contributed by atoms with Gasteiger partial charge in [-0.3, -0.25) is 0 Å². The largest absolute Gasteiger partial charge is 0.494 e. The molecule has 0 bridgehead atoms. The molecule has 0 saturated carbocycles. The van der Waals surface area contributed by atoms with Gasteiger partial charge < -0.3 is 28.4 Å². The van der Waals surface area contributed by atoms with Crippen LogP contribution in [-0.4, -0.2) is 77.4 Å². The summed E-state index contributed by atoms with van der Waals surface area (Å²) < 4.78 is 34.0. The zero-order valence-electron chi connectivity index (χ0n) is 56.0. The number of carbonyl (C=O) groups excluding carboxylic acids is 4. The fraction of sp³-hybridized carbons (Fsp3) is 0.813. The predicted octanol–water partition coefficient (Wildman–Crippen LogP) is 22.9. The lowest BCUT2D eigenvalue weighted by Crippen LogP contribution is -2.12. The lowest BCUT2D eigenvalue weighted by molar-refractivity contribution is -0.193. The summed E-state index contributed by atoms with van der Waals surface area (Å²) in [5, 5.41) is 0. The van der Waals surface area contributed by atoms with Crippen molar-refractivity contribution in [2.45, 2.75) is 334 Å². The number of unbranched alkanes of at least 4 members (excludes halogenated alkanes) is 29. The van der Waals surface area contributed by atoms with E-state index >= 15 is 0 Å². The second-order valence-corrected chi connectivity index (χ2v) is 22.7. The van der Waals surface area contributed by atoms with Gasteiger partial charge in [0.25, 0.3) is 0 Å². The zero-order valence-corrected chi connectivity index (χ0v) is 56.0. The van der Waals surface area contributed by atoms with Gasteiger partial charge >= 0.3 is 12.3 Å². The number of rotatable bonds is 53. The molecule has 0 fully saturated rings. The molecule has 0 aliphatic rings. The molecule has 0 radical (unpaired) electrons. The predicted molar refractivity (Wildman–Crippen MR) is 363 cm³/mol. The maximum absolute atomic E-state index is 8.12. The van der Waals surface area contributed by atoms with Crippen LogP contribution >= 0.6 is 0 Å². The van der Waals surface area contributed by atoms with Crippen molar-refractivity contribution in [3.63, 3.8) is 0 Å². The van der Waals surface area contributed by atoms with Crippen LogP contribution in [0.25, 0.3) is 0 Å². The van der Waals surface area contributed by atoms with Crippen molar-refractivity contribution in [1.29, 1.82) is 0 Å². The Hall–Kier alpha value is -3.36. The second kappa shape index (κ2) is 84.8. The summed E-state index contributed by atoms with van der Waals surface area (Å²) >= 11 is 0. The first kappa shape index (κ1) is 92.8. The molecule has 0 N–H and O–H groups in total. The minimum Gasteiger partial charge on any atom is -0.494 e. The number of benzene rings is 2. The van der Waals surface area contributed by atoms with Crippen LogP contribution in [-0.2, 0) is 38.1 Å². The molecular formula is C75H142O10. The van der Waals surface area contributed by atoms with Crippen LogP contribution in [0.3, 0.4) is 0 Å². The Labute approximate surface area is 528 Å². The van der Waals surface area contributed by atoms with Crippen molar-refractivity contribution in [1.82, 2.24) is 0 Å². The van der Waals surface area contributed by atoms with Crippen LogP contribution < -0.4 is 9.47 Å². The van der Waals surface area contributed by atoms with Crippen LogP contribution in [0.1, 0.15) is 322 Å². The molecule has 2 aromatic carbocycles. The summed E-state index contributed by atoms with van der Waals surface area (Å²) in [5.41, 5.74) is 0. The average Bonchev–Trinajstić information content (AvgIpc) is 3.51. The van der Waals surface area contributed by atoms with Gasteiger partial charge in [0.15, 0.2) is 0 Å². The summed E-state index contributed by atoms with van der Waals surface area (Å²) in [5.74, 6) is 3.86. The van der Waals surface area contributed by atoms with Gasteiger partial charge in [0.2, 0.25) is 0 Å². The van der Waals surface area contributed by atoms with Crippen molar-refractivity contribution in [3.05, 3.63) is 60.7 Å². The molecule has 2 unspecified atom stereocenters. The standard InChI is InChI=1S/C32H58O3.C27H48O3.2C6H14.2CO2.2CH4/c1-3-31(2)34-30-29-33-27-23-18-16-14-12-10-8-6-4-5-7-9-11-13-15-17-19-24-28-35-32-25-21-20-22-26-32;1-3-26(2)29-25-24-28-22-18-13-11-9-7-5-4-6-8-10-12-14-19-23-30-27-20-16-15-17-21-27;2*1-4-6(3)5-2;2*2-1-3;;/h20-22,25-26,31H,3-19,23-24,27-30H2,1-2H3;15-17,20-21,26H,3-14,18-19,22-25H2,1-2H3;2*6H,4-5H2,1-3H3;;;2*1H4. The van der Waals surface area contributed by atoms with Gasteiger partial charge in [-0.25, -0.2) is 0 Å². The lowest BCUT2D eigenvalue weighted by Gasteiger charge is -2.10. The van der Waals surface area contributed by atoms with Crippen LogP contribution in [0.15, 0.2) is 60.7 Å². The normalized spacial score (nSPS) is 10.9. The molecule has 0 heterocycles. The molecule has 0 aromatic heterocycles. The third-order valence-electron chi connectivity index (χ3n) is 15.3. The molecule has 0 aliphatic carbocycles. The highest BCUT2D eigenvalue weighted by Gasteiger charge is 2.01. The first-order valence-corrected chi connectivity index (χ1v) is 34.3. The van der Waals surface area contributed by atoms with Crippen LogP contribution in [0, 0.1) is 11.8 Å². The Kier molecular flexibility index (Phi) is 92.6. The Morgan fingerprint density at radius 2 is 0.482 bits per heavy atom. The molecule has 0 spiro atoms. The topological polar surface area (TPSA) is 124 Å². The molecule has 2 atom stereocenters. The Bertz CT molecular complexity index is 1470. The number of ether oxygens (including phenoxy) is 6. The number of hydrogen-bond donors (Lipinski definition) is 0. The van der Waals surface area contributed by atoms with E-state index in [0.29, 0.717) is 12.2 Å². The fourth-order valence-electron chi connectivity index (χ4n) is 8.43. The monoisotopic (exact) mass is 1200 g/mol. The average molecular weight is 1200 g/mol. The van der Waals surface area contributed by atoms with Gasteiger partial charge in [-0.1, -0.05) is 306 Å². The quantitative estimate of drug-likeness (QED) is 0.0592. The van der Waals surface area contributed by atoms with E-state index in [4.69, 9.17) is 47.6 Å². The lowest BCUT2D eigenvalue weighted by atomic mass is 10.0. The summed E-state index contributed by atoms with van der Waals surface area (Å²) in [6.07, 6.45) is 51.0. The van der Waals surface area contributed by atoms with Crippen LogP contribution in [0.5, 0.6) is 11.5 Å². The zero-order chi connectivity index (χ0) is 62.0. The smallest absolute Gasteiger partial charge is 0.373 e. The van der Waals surface area contributed by atoms with E-state index in [1.807, 2.05) is 60.7 Å². The fourth-order valence-corrected chi connectivity index (χ4v) is 8.43. The van der Waals surface area contributed by atoms with E-state index < -0.39 is 0 Å². The van der Waals surface area contributed by atoms with E-state index in [2.05, 4.69) is 69.2 Å². The number of hydrogen-bond acceptors (Lipinski definition) is 10. The minimum absolute atomic E-state index is 0. The first-order chi connectivity index (χ1) is 40.6. The van der Waals surface area contributed by atoms with E-state index in [0.717, 1.165) is 89.0 Å². The Balaban J connectivity index is -0.000000281. The van der Waals surface area contributed by atoms with Gasteiger partial charge in [0.05, 0.1) is 51.8 Å². The number of para-hydroxylation sites is 2. The van der Waals surface area contributed by atoms with Crippen LogP contribution in [0.2, 0.25) is 0 Å². The maximum atomic E-state index is 8.12. The molecule has 502 valence electrons. The second-order valence-electron chi connectivity index (χ2n) is 22.7. The van der Waals surface area contributed by atoms with E-state index in [9.17, 15) is 0 Å². The molecule has 0 amide bonds. The third kappa shape index (κ3) is 87.2. The highest BCUT2D eigenvalue weighted by molar-refractivity contribution is 5.21. The Morgan fingerprint density at radius 1 is 0.282 bits per heavy atom. The Morgan fingerprint density at radius 3 is 0.671 bits per heavy atom. The highest BCUT2D eigenvalue weighted by atomic mass is 16.5. The molecule has 85 heavy (non-hydrogen) atoms. The van der Waals surface area contributed by atoms with Crippen molar-refractivity contribution in [3.8, 4) is 11.5 Å². The minimum atomic E-state index is 0. The summed E-state index contributed by atoms with van der Waals surface area (Å²) in [6, 6.07) is 20.3. The van der Waals surface area contributed by atoms with E-state index in [-0.39, 0.29) is 27.2 Å². The first-order valence-electron chi connectivity index (χ1n) is 34.3. The maximum Gasteiger partial charge on any atom is 0.373 e. The molecular weight excluding hydrogens is 1060 g/mol. The molecule has 0 aliphatic heterocycles. The van der Waals surface area contributed by atoms with Crippen molar-refractivity contribution in [2.75, 3.05) is 52.9 Å². The third-order valence-corrected chi connectivity index (χ3v) is 15.3. The molecule has 2 aromatic rings. The highest BCUT2D eigenvalue weighted by Crippen LogP contribution is 2.17. The van der Waals surface area contributed by atoms with Gasteiger partial charge in [-0.05, 0) is 88.5 Å². The van der Waals surface area contributed by atoms with Gasteiger partial charge in [0.1, 0.15) is 11.5 Å². The van der Waals surface area contributed by atoms with Gasteiger partial charge in [-0.15, -0.1) is 0 Å². The van der Waals surface area contributed by atoms with Crippen molar-refractivity contribution < 1.29 is 47.6 Å². The van der Waals surface area contributed by atoms with Crippen LogP contribution in [0.4, 0.5) is 0 Å². The SMILES string of the molecule is C.C.CCC(C)CC.CCC(C)CC.CCC(C)OCCOCCCCCCCCCCCCCCCCCCCCOc1ccccc1.CCC(C)OCCOCCCCCCCCCCCCCCCOc1ccccc1.O=C=O.O=C=O. The molecule has 2 rings (SSSR count). The van der Waals surface area contributed by atoms with E-state index in [1.54, 1.807) is 0 Å². The van der Waals surface area contributed by atoms with Crippen molar-refractivity contribution in [2.24, 2.45) is 11.8 Å². The molecule has 10 nitrogen and oxygen atoms in total. The molecule has 10 heteroatoms.